The highest BCUT2D eigenvalue weighted by Crippen LogP contribution is 2.32. The van der Waals surface area contributed by atoms with Crippen molar-refractivity contribution in [3.05, 3.63) is 29.8 Å². The molecule has 1 aromatic rings. The molecule has 1 aliphatic carbocycles. The van der Waals surface area contributed by atoms with Crippen LogP contribution in [0.2, 0.25) is 0 Å². The number of nitrogens with zero attached hydrogens (tertiary/aromatic N) is 2. The molecule has 4 heteroatoms. The molecule has 0 spiro atoms. The van der Waals surface area contributed by atoms with Crippen LogP contribution in [-0.2, 0) is 0 Å². The average Bonchev–Trinajstić information content (AvgIpc) is 3.19. The van der Waals surface area contributed by atoms with Gasteiger partial charge in [0, 0.05) is 24.3 Å². The molecule has 1 aromatic carbocycles. The van der Waals surface area contributed by atoms with E-state index in [2.05, 4.69) is 17.0 Å². The van der Waals surface area contributed by atoms with Crippen molar-refractivity contribution in [2.24, 2.45) is 16.8 Å². The number of para-hydroxylation sites is 1. The first kappa shape index (κ1) is 11.8. The van der Waals surface area contributed by atoms with E-state index in [-0.39, 0.29) is 5.84 Å². The van der Waals surface area contributed by atoms with E-state index < -0.39 is 0 Å². The molecule has 1 aliphatic rings. The van der Waals surface area contributed by atoms with Gasteiger partial charge in [0.15, 0.2) is 5.84 Å². The SMILES string of the molecule is CCN(CC1CC1)c1ccccc1C(N)=NO. The van der Waals surface area contributed by atoms with Gasteiger partial charge in [0.25, 0.3) is 0 Å². The zero-order chi connectivity index (χ0) is 12.3. The summed E-state index contributed by atoms with van der Waals surface area (Å²) in [4.78, 5) is 2.30. The summed E-state index contributed by atoms with van der Waals surface area (Å²) >= 11 is 0. The Balaban J connectivity index is 2.27. The predicted molar refractivity (Wildman–Crippen MR) is 69.6 cm³/mol. The lowest BCUT2D eigenvalue weighted by molar-refractivity contribution is 0.318. The van der Waals surface area contributed by atoms with Gasteiger partial charge in [-0.2, -0.15) is 0 Å². The number of hydrogen-bond donors (Lipinski definition) is 2. The number of nitrogens with two attached hydrogens (primary N) is 1. The standard InChI is InChI=1S/C13H19N3O/c1-2-16(9-10-7-8-10)12-6-4-3-5-11(12)13(14)15-17/h3-6,10,17H,2,7-9H2,1H3,(H2,14,15). The first-order valence-electron chi connectivity index (χ1n) is 6.08. The second-order valence-corrected chi connectivity index (χ2v) is 4.48. The van der Waals surface area contributed by atoms with Crippen LogP contribution in [-0.4, -0.2) is 24.1 Å². The van der Waals surface area contributed by atoms with E-state index in [9.17, 15) is 0 Å². The Labute approximate surface area is 102 Å². The lowest BCUT2D eigenvalue weighted by Gasteiger charge is -2.25. The van der Waals surface area contributed by atoms with Crippen molar-refractivity contribution in [2.75, 3.05) is 18.0 Å². The quantitative estimate of drug-likeness (QED) is 0.354. The van der Waals surface area contributed by atoms with Gasteiger partial charge >= 0.3 is 0 Å². The lowest BCUT2D eigenvalue weighted by Crippen LogP contribution is -2.28. The van der Waals surface area contributed by atoms with Crippen molar-refractivity contribution in [3.63, 3.8) is 0 Å². The molecule has 3 N–H and O–H groups in total. The van der Waals surface area contributed by atoms with E-state index in [1.807, 2.05) is 24.3 Å². The summed E-state index contributed by atoms with van der Waals surface area (Å²) in [5.74, 6) is 0.991. The maximum Gasteiger partial charge on any atom is 0.172 e. The highest BCUT2D eigenvalue weighted by atomic mass is 16.4. The van der Waals surface area contributed by atoms with Crippen LogP contribution in [0.1, 0.15) is 25.3 Å². The predicted octanol–water partition coefficient (Wildman–Crippen LogP) is 2.02. The molecule has 0 amide bonds. The van der Waals surface area contributed by atoms with Gasteiger partial charge in [-0.15, -0.1) is 0 Å². The molecule has 4 nitrogen and oxygen atoms in total. The van der Waals surface area contributed by atoms with Crippen molar-refractivity contribution in [1.29, 1.82) is 0 Å². The topological polar surface area (TPSA) is 61.8 Å². The number of hydrogen-bond acceptors (Lipinski definition) is 3. The van der Waals surface area contributed by atoms with E-state index >= 15 is 0 Å². The molecule has 92 valence electrons. The molecule has 0 bridgehead atoms. The molecular formula is C13H19N3O. The molecule has 0 atom stereocenters. The van der Waals surface area contributed by atoms with Crippen LogP contribution in [0.25, 0.3) is 0 Å². The number of rotatable bonds is 5. The lowest BCUT2D eigenvalue weighted by atomic mass is 10.1. The van der Waals surface area contributed by atoms with Crippen LogP contribution < -0.4 is 10.6 Å². The Kier molecular flexibility index (Phi) is 3.52. The minimum atomic E-state index is 0.176. The van der Waals surface area contributed by atoms with Gasteiger partial charge in [-0.1, -0.05) is 17.3 Å². The van der Waals surface area contributed by atoms with Crippen LogP contribution >= 0.6 is 0 Å². The molecule has 0 aliphatic heterocycles. The van der Waals surface area contributed by atoms with Crippen LogP contribution in [0, 0.1) is 5.92 Å². The molecule has 1 saturated carbocycles. The highest BCUT2D eigenvalue weighted by molar-refractivity contribution is 6.02. The van der Waals surface area contributed by atoms with E-state index in [4.69, 9.17) is 10.9 Å². The fourth-order valence-electron chi connectivity index (χ4n) is 2.03. The molecule has 2 rings (SSSR count). The van der Waals surface area contributed by atoms with Crippen LogP contribution in [0.5, 0.6) is 0 Å². The van der Waals surface area contributed by atoms with Crippen LogP contribution in [0.4, 0.5) is 5.69 Å². The van der Waals surface area contributed by atoms with Gasteiger partial charge in [-0.3, -0.25) is 0 Å². The summed E-state index contributed by atoms with van der Waals surface area (Å²) in [5, 5.41) is 11.9. The first-order chi connectivity index (χ1) is 8.26. The minimum absolute atomic E-state index is 0.176. The maximum absolute atomic E-state index is 8.81. The van der Waals surface area contributed by atoms with E-state index in [0.29, 0.717) is 0 Å². The minimum Gasteiger partial charge on any atom is -0.409 e. The fourth-order valence-corrected chi connectivity index (χ4v) is 2.03. The summed E-state index contributed by atoms with van der Waals surface area (Å²) in [5.41, 5.74) is 7.56. The van der Waals surface area contributed by atoms with Gasteiger partial charge in [0.1, 0.15) is 0 Å². The monoisotopic (exact) mass is 233 g/mol. The molecular weight excluding hydrogens is 214 g/mol. The van der Waals surface area contributed by atoms with Crippen molar-refractivity contribution in [2.45, 2.75) is 19.8 Å². The Bertz CT molecular complexity index is 413. The van der Waals surface area contributed by atoms with Gasteiger partial charge < -0.3 is 15.8 Å². The highest BCUT2D eigenvalue weighted by Gasteiger charge is 2.25. The molecule has 0 heterocycles. The van der Waals surface area contributed by atoms with Gasteiger partial charge in [0.2, 0.25) is 0 Å². The van der Waals surface area contributed by atoms with Crippen molar-refractivity contribution >= 4 is 11.5 Å². The molecule has 0 saturated heterocycles. The number of oxime groups is 1. The third-order valence-corrected chi connectivity index (χ3v) is 3.19. The Hall–Kier alpha value is -1.71. The van der Waals surface area contributed by atoms with E-state index in [0.717, 1.165) is 30.3 Å². The average molecular weight is 233 g/mol. The summed E-state index contributed by atoms with van der Waals surface area (Å²) < 4.78 is 0. The van der Waals surface area contributed by atoms with Gasteiger partial charge in [-0.05, 0) is 37.8 Å². The van der Waals surface area contributed by atoms with Crippen molar-refractivity contribution in [1.82, 2.24) is 0 Å². The number of benzene rings is 1. The zero-order valence-electron chi connectivity index (χ0n) is 10.1. The normalized spacial score (nSPS) is 15.9. The van der Waals surface area contributed by atoms with E-state index in [1.165, 1.54) is 12.8 Å². The molecule has 1 fully saturated rings. The second kappa shape index (κ2) is 5.08. The largest absolute Gasteiger partial charge is 0.409 e. The summed E-state index contributed by atoms with van der Waals surface area (Å²) in [6.45, 7) is 4.13. The second-order valence-electron chi connectivity index (χ2n) is 4.48. The Morgan fingerprint density at radius 1 is 1.47 bits per heavy atom. The first-order valence-corrected chi connectivity index (χ1v) is 6.08. The third-order valence-electron chi connectivity index (χ3n) is 3.19. The summed E-state index contributed by atoms with van der Waals surface area (Å²) in [7, 11) is 0. The van der Waals surface area contributed by atoms with E-state index in [1.54, 1.807) is 0 Å². The number of anilines is 1. The fraction of sp³-hybridized carbons (Fsp3) is 0.462. The van der Waals surface area contributed by atoms with Crippen LogP contribution in [0.15, 0.2) is 29.4 Å². The summed E-state index contributed by atoms with van der Waals surface area (Å²) in [6, 6.07) is 7.81. The maximum atomic E-state index is 8.81. The molecule has 0 radical (unpaired) electrons. The smallest absolute Gasteiger partial charge is 0.172 e. The third kappa shape index (κ3) is 2.70. The summed E-state index contributed by atoms with van der Waals surface area (Å²) in [6.07, 6.45) is 2.64. The number of amidine groups is 1. The van der Waals surface area contributed by atoms with Gasteiger partial charge in [0.05, 0.1) is 0 Å². The van der Waals surface area contributed by atoms with Crippen molar-refractivity contribution < 1.29 is 5.21 Å². The molecule has 17 heavy (non-hydrogen) atoms. The van der Waals surface area contributed by atoms with Gasteiger partial charge in [-0.25, -0.2) is 0 Å². The van der Waals surface area contributed by atoms with Crippen LogP contribution in [0.3, 0.4) is 0 Å². The zero-order valence-corrected chi connectivity index (χ0v) is 10.1. The van der Waals surface area contributed by atoms with Crippen molar-refractivity contribution in [3.8, 4) is 0 Å². The Morgan fingerprint density at radius 3 is 2.76 bits per heavy atom. The Morgan fingerprint density at radius 2 is 2.18 bits per heavy atom. The molecule has 0 unspecified atom stereocenters. The molecule has 0 aromatic heterocycles.